The molecule has 0 aliphatic rings. The van der Waals surface area contributed by atoms with Gasteiger partial charge in [-0.15, -0.1) is 0 Å². The van der Waals surface area contributed by atoms with Gasteiger partial charge in [-0.3, -0.25) is 14.9 Å². The van der Waals surface area contributed by atoms with Crippen molar-refractivity contribution in [2.75, 3.05) is 20.8 Å². The lowest BCUT2D eigenvalue weighted by Crippen LogP contribution is -2.27. The first kappa shape index (κ1) is 24.4. The number of nitrogens with one attached hydrogen (secondary N) is 1. The quantitative estimate of drug-likeness (QED) is 0.272. The van der Waals surface area contributed by atoms with Crippen LogP contribution in [0.5, 0.6) is 11.5 Å². The van der Waals surface area contributed by atoms with Gasteiger partial charge < -0.3 is 14.8 Å². The topological polar surface area (TPSA) is 109 Å². The largest absolute Gasteiger partial charge is 0.493 e. The standard InChI is InChI=1S/C26H23FN4O5/c1-35-24-12-3-17(15-25(24)36-2)13-14-28-26(32)23-16-22(18-4-6-19(27)7-5-18)29-30(23)20-8-10-21(11-9-20)31(33)34/h3-12,15-16H,13-14H2,1-2H3,(H,28,32). The van der Waals surface area contributed by atoms with Crippen LogP contribution in [0.1, 0.15) is 16.1 Å². The smallest absolute Gasteiger partial charge is 0.270 e. The third-order valence-corrected chi connectivity index (χ3v) is 5.53. The van der Waals surface area contributed by atoms with Gasteiger partial charge in [-0.05, 0) is 66.6 Å². The average molecular weight is 490 g/mol. The summed E-state index contributed by atoms with van der Waals surface area (Å²) in [4.78, 5) is 23.7. The molecule has 0 atom stereocenters. The number of methoxy groups -OCH3 is 2. The second-order valence-corrected chi connectivity index (χ2v) is 7.80. The van der Waals surface area contributed by atoms with E-state index in [0.717, 1.165) is 5.56 Å². The van der Waals surface area contributed by atoms with Gasteiger partial charge in [-0.1, -0.05) is 6.07 Å². The Morgan fingerprint density at radius 1 is 1.00 bits per heavy atom. The van der Waals surface area contributed by atoms with Crippen molar-refractivity contribution in [3.05, 3.63) is 100.0 Å². The zero-order valence-corrected chi connectivity index (χ0v) is 19.6. The van der Waals surface area contributed by atoms with Crippen molar-refractivity contribution in [2.24, 2.45) is 0 Å². The fraction of sp³-hybridized carbons (Fsp3) is 0.154. The van der Waals surface area contributed by atoms with Gasteiger partial charge in [0.05, 0.1) is 30.5 Å². The molecule has 184 valence electrons. The first-order valence-electron chi connectivity index (χ1n) is 11.0. The Morgan fingerprint density at radius 2 is 1.69 bits per heavy atom. The molecule has 9 nitrogen and oxygen atoms in total. The fourth-order valence-electron chi connectivity index (χ4n) is 3.66. The van der Waals surface area contributed by atoms with Crippen LogP contribution in [0.2, 0.25) is 0 Å². The minimum Gasteiger partial charge on any atom is -0.493 e. The molecule has 0 saturated carbocycles. The van der Waals surface area contributed by atoms with Crippen LogP contribution < -0.4 is 14.8 Å². The minimum absolute atomic E-state index is 0.0782. The molecule has 1 heterocycles. The molecule has 0 fully saturated rings. The average Bonchev–Trinajstić information content (AvgIpc) is 3.34. The summed E-state index contributed by atoms with van der Waals surface area (Å²) < 4.78 is 25.4. The van der Waals surface area contributed by atoms with E-state index in [1.807, 2.05) is 12.1 Å². The van der Waals surface area contributed by atoms with Crippen molar-refractivity contribution >= 4 is 11.6 Å². The van der Waals surface area contributed by atoms with E-state index in [9.17, 15) is 19.3 Å². The Hall–Kier alpha value is -4.73. The zero-order valence-electron chi connectivity index (χ0n) is 19.6. The first-order valence-corrected chi connectivity index (χ1v) is 11.0. The number of hydrogen-bond donors (Lipinski definition) is 1. The summed E-state index contributed by atoms with van der Waals surface area (Å²) in [7, 11) is 3.12. The molecule has 1 amide bonds. The molecule has 4 aromatic rings. The van der Waals surface area contributed by atoms with Crippen LogP contribution in [0.25, 0.3) is 16.9 Å². The number of rotatable bonds is 9. The number of nitro benzene ring substituents is 1. The number of benzene rings is 3. The number of amides is 1. The molecule has 0 bridgehead atoms. The van der Waals surface area contributed by atoms with Crippen LogP contribution >= 0.6 is 0 Å². The Kier molecular flexibility index (Phi) is 7.24. The first-order chi connectivity index (χ1) is 17.4. The molecule has 1 N–H and O–H groups in total. The molecule has 1 aromatic heterocycles. The van der Waals surface area contributed by atoms with Crippen molar-refractivity contribution in [1.82, 2.24) is 15.1 Å². The van der Waals surface area contributed by atoms with Crippen LogP contribution in [-0.4, -0.2) is 41.4 Å². The van der Waals surface area contributed by atoms with Crippen molar-refractivity contribution in [3.8, 4) is 28.4 Å². The number of non-ortho nitro benzene ring substituents is 1. The second kappa shape index (κ2) is 10.7. The number of nitrogens with zero attached hydrogens (tertiary/aromatic N) is 3. The van der Waals surface area contributed by atoms with Gasteiger partial charge in [0.1, 0.15) is 11.5 Å². The van der Waals surface area contributed by atoms with E-state index in [1.165, 1.54) is 41.1 Å². The molecule has 4 rings (SSSR count). The van der Waals surface area contributed by atoms with Gasteiger partial charge in [0.25, 0.3) is 11.6 Å². The summed E-state index contributed by atoms with van der Waals surface area (Å²) in [6.07, 6.45) is 0.544. The number of halogens is 1. The van der Waals surface area contributed by atoms with Crippen molar-refractivity contribution in [3.63, 3.8) is 0 Å². The molecular formula is C26H23FN4O5. The van der Waals surface area contributed by atoms with Gasteiger partial charge in [0.15, 0.2) is 11.5 Å². The van der Waals surface area contributed by atoms with E-state index >= 15 is 0 Å². The van der Waals surface area contributed by atoms with Crippen molar-refractivity contribution < 1.29 is 23.6 Å². The van der Waals surface area contributed by atoms with Crippen LogP contribution in [0.15, 0.2) is 72.8 Å². The Bertz CT molecular complexity index is 1380. The molecule has 0 aliphatic carbocycles. The zero-order chi connectivity index (χ0) is 25.7. The third kappa shape index (κ3) is 5.33. The van der Waals surface area contributed by atoms with Crippen LogP contribution in [0.4, 0.5) is 10.1 Å². The number of aromatic nitrogens is 2. The van der Waals surface area contributed by atoms with Gasteiger partial charge in [0, 0.05) is 24.2 Å². The summed E-state index contributed by atoms with van der Waals surface area (Å²) >= 11 is 0. The lowest BCUT2D eigenvalue weighted by atomic mass is 10.1. The molecule has 3 aromatic carbocycles. The fourth-order valence-corrected chi connectivity index (χ4v) is 3.66. The number of hydrogen-bond acceptors (Lipinski definition) is 6. The molecule has 0 unspecified atom stereocenters. The Balaban J connectivity index is 1.58. The normalized spacial score (nSPS) is 10.6. The maximum atomic E-state index is 13.4. The summed E-state index contributed by atoms with van der Waals surface area (Å²) in [5, 5.41) is 18.4. The molecule has 0 saturated heterocycles. The van der Waals surface area contributed by atoms with Crippen LogP contribution in [-0.2, 0) is 6.42 Å². The highest BCUT2D eigenvalue weighted by atomic mass is 19.1. The van der Waals surface area contributed by atoms with E-state index in [0.29, 0.717) is 41.4 Å². The maximum Gasteiger partial charge on any atom is 0.270 e. The number of ether oxygens (including phenoxy) is 2. The summed E-state index contributed by atoms with van der Waals surface area (Å²) in [5.41, 5.74) is 2.65. The molecular weight excluding hydrogens is 467 g/mol. The van der Waals surface area contributed by atoms with Crippen molar-refractivity contribution in [1.29, 1.82) is 0 Å². The highest BCUT2D eigenvalue weighted by Crippen LogP contribution is 2.28. The number of carbonyl (C=O) groups is 1. The summed E-state index contributed by atoms with van der Waals surface area (Å²) in [6, 6.07) is 18.6. The lowest BCUT2D eigenvalue weighted by Gasteiger charge is -2.11. The maximum absolute atomic E-state index is 13.4. The molecule has 0 radical (unpaired) electrons. The highest BCUT2D eigenvalue weighted by Gasteiger charge is 2.18. The van der Waals surface area contributed by atoms with Crippen LogP contribution in [0, 0.1) is 15.9 Å². The van der Waals surface area contributed by atoms with Crippen LogP contribution in [0.3, 0.4) is 0 Å². The predicted octanol–water partition coefficient (Wildman–Crippen LogP) is 4.58. The molecule has 0 spiro atoms. The van der Waals surface area contributed by atoms with Gasteiger partial charge in [-0.25, -0.2) is 9.07 Å². The SMILES string of the molecule is COc1ccc(CCNC(=O)c2cc(-c3ccc(F)cc3)nn2-c2ccc([N+](=O)[O-])cc2)cc1OC. The van der Waals surface area contributed by atoms with Gasteiger partial charge >= 0.3 is 0 Å². The summed E-state index contributed by atoms with van der Waals surface area (Å²) in [5.74, 6) is 0.448. The molecule has 0 aliphatic heterocycles. The van der Waals surface area contributed by atoms with E-state index in [1.54, 1.807) is 38.5 Å². The highest BCUT2D eigenvalue weighted by molar-refractivity contribution is 5.94. The number of carbonyl (C=O) groups excluding carboxylic acids is 1. The van der Waals surface area contributed by atoms with E-state index in [2.05, 4.69) is 10.4 Å². The van der Waals surface area contributed by atoms with Gasteiger partial charge in [-0.2, -0.15) is 5.10 Å². The Morgan fingerprint density at radius 3 is 2.33 bits per heavy atom. The second-order valence-electron chi connectivity index (χ2n) is 7.80. The van der Waals surface area contributed by atoms with E-state index < -0.39 is 4.92 Å². The van der Waals surface area contributed by atoms with E-state index in [4.69, 9.17) is 9.47 Å². The van der Waals surface area contributed by atoms with Crippen molar-refractivity contribution in [2.45, 2.75) is 6.42 Å². The summed E-state index contributed by atoms with van der Waals surface area (Å²) in [6.45, 7) is 0.339. The number of nitro groups is 1. The molecule has 10 heteroatoms. The Labute approximate surface area is 206 Å². The predicted molar refractivity (Wildman–Crippen MR) is 131 cm³/mol. The third-order valence-electron chi connectivity index (χ3n) is 5.53. The minimum atomic E-state index is -0.501. The monoisotopic (exact) mass is 490 g/mol. The lowest BCUT2D eigenvalue weighted by molar-refractivity contribution is -0.384. The van der Waals surface area contributed by atoms with Gasteiger partial charge in [0.2, 0.25) is 0 Å². The molecule has 36 heavy (non-hydrogen) atoms. The van der Waals surface area contributed by atoms with E-state index in [-0.39, 0.29) is 23.1 Å².